The first kappa shape index (κ1) is 13.5. The van der Waals surface area contributed by atoms with Crippen molar-refractivity contribution < 1.29 is 14.7 Å². The number of carbonyl (C=O) groups is 1. The Hall–Kier alpha value is -1.46. The van der Waals surface area contributed by atoms with E-state index >= 15 is 0 Å². The van der Waals surface area contributed by atoms with Crippen LogP contribution in [0.2, 0.25) is 0 Å². The molecule has 0 aromatic heterocycles. The molecule has 0 atom stereocenters. The maximum absolute atomic E-state index is 11.3. The highest BCUT2D eigenvalue weighted by Gasteiger charge is 2.15. The van der Waals surface area contributed by atoms with Crippen molar-refractivity contribution in [2.45, 2.75) is 20.3 Å². The predicted octanol–water partition coefficient (Wildman–Crippen LogP) is 0.847. The second kappa shape index (κ2) is 6.92. The Balaban J connectivity index is 4.19. The summed E-state index contributed by atoms with van der Waals surface area (Å²) in [5, 5.41) is 11.2. The second-order valence-corrected chi connectivity index (χ2v) is 3.65. The Labute approximate surface area is 89.7 Å². The third-order valence-corrected chi connectivity index (χ3v) is 1.78. The number of ether oxygens (including phenoxy) is 1. The van der Waals surface area contributed by atoms with Crippen LogP contribution in [0, 0.1) is 5.92 Å². The lowest BCUT2D eigenvalue weighted by Crippen LogP contribution is -2.36. The molecule has 88 valence electrons. The number of amidine groups is 1. The van der Waals surface area contributed by atoms with Crippen LogP contribution in [-0.4, -0.2) is 42.2 Å². The van der Waals surface area contributed by atoms with Gasteiger partial charge in [0.25, 0.3) is 0 Å². The van der Waals surface area contributed by atoms with Gasteiger partial charge >= 0.3 is 6.09 Å². The Morgan fingerprint density at radius 3 is 2.60 bits per heavy atom. The summed E-state index contributed by atoms with van der Waals surface area (Å²) < 4.78 is 4.62. The third-order valence-electron chi connectivity index (χ3n) is 1.78. The van der Waals surface area contributed by atoms with Crippen LogP contribution < -0.4 is 5.73 Å². The molecule has 0 fully saturated rings. The van der Waals surface area contributed by atoms with Crippen LogP contribution in [0.3, 0.4) is 0 Å². The molecule has 1 amide bonds. The summed E-state index contributed by atoms with van der Waals surface area (Å²) in [7, 11) is 1.33. The lowest BCUT2D eigenvalue weighted by atomic mass is 10.2. The molecule has 0 saturated heterocycles. The summed E-state index contributed by atoms with van der Waals surface area (Å²) in [5.74, 6) is 0.448. The highest BCUT2D eigenvalue weighted by Crippen LogP contribution is 2.02. The Morgan fingerprint density at radius 1 is 1.60 bits per heavy atom. The standard InChI is InChI=1S/C9H19N3O3/c1-7(2)6-12(9(13)15-3)5-4-8(10)11-14/h7,14H,4-6H2,1-3H3,(H2,10,11). The number of hydrogen-bond donors (Lipinski definition) is 2. The van der Waals surface area contributed by atoms with Crippen LogP contribution in [0.4, 0.5) is 4.79 Å². The molecule has 0 aliphatic rings. The summed E-state index contributed by atoms with van der Waals surface area (Å²) in [6.07, 6.45) is -0.0624. The molecule has 0 heterocycles. The first-order valence-corrected chi connectivity index (χ1v) is 4.80. The van der Waals surface area contributed by atoms with Gasteiger partial charge in [0.15, 0.2) is 0 Å². The van der Waals surface area contributed by atoms with Crippen LogP contribution in [0.5, 0.6) is 0 Å². The average Bonchev–Trinajstić information content (AvgIpc) is 2.21. The topological polar surface area (TPSA) is 88.2 Å². The van der Waals surface area contributed by atoms with Crippen molar-refractivity contribution in [3.05, 3.63) is 0 Å². The van der Waals surface area contributed by atoms with Gasteiger partial charge < -0.3 is 20.6 Å². The highest BCUT2D eigenvalue weighted by molar-refractivity contribution is 5.80. The maximum Gasteiger partial charge on any atom is 0.409 e. The Kier molecular flexibility index (Phi) is 6.24. The molecule has 6 nitrogen and oxygen atoms in total. The molecule has 3 N–H and O–H groups in total. The number of hydrogen-bond acceptors (Lipinski definition) is 4. The van der Waals surface area contributed by atoms with Crippen molar-refractivity contribution >= 4 is 11.9 Å². The van der Waals surface area contributed by atoms with Gasteiger partial charge in [-0.2, -0.15) is 0 Å². The molecule has 0 rings (SSSR count). The molecular weight excluding hydrogens is 198 g/mol. The quantitative estimate of drug-likeness (QED) is 0.309. The molecule has 15 heavy (non-hydrogen) atoms. The SMILES string of the molecule is COC(=O)N(CCC(N)=NO)CC(C)C. The van der Waals surface area contributed by atoms with Gasteiger partial charge in [-0.1, -0.05) is 19.0 Å². The van der Waals surface area contributed by atoms with E-state index in [4.69, 9.17) is 10.9 Å². The first-order chi connectivity index (χ1) is 7.01. The monoisotopic (exact) mass is 217 g/mol. The average molecular weight is 217 g/mol. The van der Waals surface area contributed by atoms with Gasteiger partial charge in [-0.05, 0) is 5.92 Å². The number of carbonyl (C=O) groups excluding carboxylic acids is 1. The summed E-state index contributed by atoms with van der Waals surface area (Å²) in [6, 6.07) is 0. The minimum absolute atomic E-state index is 0.104. The summed E-state index contributed by atoms with van der Waals surface area (Å²) in [5.41, 5.74) is 5.31. The minimum atomic E-state index is -0.394. The zero-order valence-corrected chi connectivity index (χ0v) is 9.43. The van der Waals surface area contributed by atoms with Crippen molar-refractivity contribution in [3.8, 4) is 0 Å². The Bertz CT molecular complexity index is 229. The summed E-state index contributed by atoms with van der Waals surface area (Å²) in [4.78, 5) is 12.8. The van der Waals surface area contributed by atoms with Crippen LogP contribution in [0.1, 0.15) is 20.3 Å². The van der Waals surface area contributed by atoms with Crippen molar-refractivity contribution in [3.63, 3.8) is 0 Å². The smallest absolute Gasteiger partial charge is 0.409 e. The van der Waals surface area contributed by atoms with Gasteiger partial charge in [-0.25, -0.2) is 4.79 Å². The van der Waals surface area contributed by atoms with E-state index in [1.807, 2.05) is 13.8 Å². The van der Waals surface area contributed by atoms with Crippen molar-refractivity contribution in [2.75, 3.05) is 20.2 Å². The number of oxime groups is 1. The highest BCUT2D eigenvalue weighted by atomic mass is 16.5. The van der Waals surface area contributed by atoms with Crippen LogP contribution in [0.15, 0.2) is 5.16 Å². The molecule has 0 aromatic rings. The first-order valence-electron chi connectivity index (χ1n) is 4.80. The molecular formula is C9H19N3O3. The van der Waals surface area contributed by atoms with Crippen LogP contribution in [0.25, 0.3) is 0 Å². The van der Waals surface area contributed by atoms with Crippen LogP contribution >= 0.6 is 0 Å². The number of rotatable bonds is 5. The van der Waals surface area contributed by atoms with Crippen LogP contribution in [-0.2, 0) is 4.74 Å². The van der Waals surface area contributed by atoms with E-state index in [2.05, 4.69) is 9.89 Å². The fraction of sp³-hybridized carbons (Fsp3) is 0.778. The summed E-state index contributed by atoms with van der Waals surface area (Å²) in [6.45, 7) is 4.98. The number of nitrogens with two attached hydrogens (primary N) is 1. The lowest BCUT2D eigenvalue weighted by Gasteiger charge is -2.22. The normalized spacial score (nSPS) is 11.6. The molecule has 0 spiro atoms. The molecule has 6 heteroatoms. The zero-order chi connectivity index (χ0) is 11.8. The van der Waals surface area contributed by atoms with Gasteiger partial charge in [0.2, 0.25) is 0 Å². The van der Waals surface area contributed by atoms with Gasteiger partial charge in [0.1, 0.15) is 5.84 Å². The van der Waals surface area contributed by atoms with Crippen molar-refractivity contribution in [1.82, 2.24) is 4.90 Å². The number of amides is 1. The van der Waals surface area contributed by atoms with E-state index in [1.54, 1.807) is 0 Å². The van der Waals surface area contributed by atoms with E-state index in [9.17, 15) is 4.79 Å². The van der Waals surface area contributed by atoms with E-state index in [0.29, 0.717) is 25.4 Å². The molecule has 0 radical (unpaired) electrons. The van der Waals surface area contributed by atoms with Gasteiger partial charge in [-0.3, -0.25) is 0 Å². The van der Waals surface area contributed by atoms with E-state index in [0.717, 1.165) is 0 Å². The largest absolute Gasteiger partial charge is 0.453 e. The minimum Gasteiger partial charge on any atom is -0.453 e. The van der Waals surface area contributed by atoms with Crippen molar-refractivity contribution in [1.29, 1.82) is 0 Å². The molecule has 0 aliphatic carbocycles. The van der Waals surface area contributed by atoms with E-state index in [1.165, 1.54) is 12.0 Å². The molecule has 0 saturated carbocycles. The lowest BCUT2D eigenvalue weighted by molar-refractivity contribution is 0.119. The molecule has 0 bridgehead atoms. The molecule has 0 aliphatic heterocycles. The zero-order valence-electron chi connectivity index (χ0n) is 9.43. The van der Waals surface area contributed by atoms with Crippen molar-refractivity contribution in [2.24, 2.45) is 16.8 Å². The second-order valence-electron chi connectivity index (χ2n) is 3.65. The van der Waals surface area contributed by atoms with Gasteiger partial charge in [0.05, 0.1) is 7.11 Å². The number of nitrogens with zero attached hydrogens (tertiary/aromatic N) is 2. The molecule has 0 aromatic carbocycles. The van der Waals surface area contributed by atoms with E-state index < -0.39 is 6.09 Å². The fourth-order valence-electron chi connectivity index (χ4n) is 1.13. The third kappa shape index (κ3) is 5.77. The predicted molar refractivity (Wildman–Crippen MR) is 56.8 cm³/mol. The summed E-state index contributed by atoms with van der Waals surface area (Å²) >= 11 is 0. The van der Waals surface area contributed by atoms with E-state index in [-0.39, 0.29) is 5.84 Å². The Morgan fingerprint density at radius 2 is 2.20 bits per heavy atom. The maximum atomic E-state index is 11.3. The molecule has 0 unspecified atom stereocenters. The van der Waals surface area contributed by atoms with Gasteiger partial charge in [-0.15, -0.1) is 0 Å². The number of methoxy groups -OCH3 is 1. The fourth-order valence-corrected chi connectivity index (χ4v) is 1.13. The van der Waals surface area contributed by atoms with Gasteiger partial charge in [0, 0.05) is 19.5 Å².